The van der Waals surface area contributed by atoms with Crippen molar-refractivity contribution in [2.24, 2.45) is 0 Å². The number of aliphatic hydroxyl groups is 1. The van der Waals surface area contributed by atoms with Crippen LogP contribution < -0.4 is 0 Å². The maximum absolute atomic E-state index is 13.0. The van der Waals surface area contributed by atoms with Crippen molar-refractivity contribution < 1.29 is 9.50 Å². The minimum atomic E-state index is -0.803. The minimum Gasteiger partial charge on any atom is -0.383 e. The number of hydrogen-bond acceptors (Lipinski definition) is 5. The van der Waals surface area contributed by atoms with Crippen LogP contribution in [0.15, 0.2) is 29.6 Å². The molecule has 1 aromatic heterocycles. The first kappa shape index (κ1) is 17.1. The van der Waals surface area contributed by atoms with Gasteiger partial charge in [0.2, 0.25) is 0 Å². The third-order valence-electron chi connectivity index (χ3n) is 5.34. The molecule has 4 rings (SSSR count). The van der Waals surface area contributed by atoms with E-state index >= 15 is 0 Å². The Hall–Kier alpha value is -1.34. The molecule has 0 radical (unpaired) electrons. The molecule has 0 saturated carbocycles. The highest BCUT2D eigenvalue weighted by Crippen LogP contribution is 2.34. The van der Waals surface area contributed by atoms with Gasteiger partial charge in [0.25, 0.3) is 0 Å². The Morgan fingerprint density at radius 2 is 1.72 bits per heavy atom. The van der Waals surface area contributed by atoms with Gasteiger partial charge in [-0.15, -0.1) is 11.3 Å². The van der Waals surface area contributed by atoms with Crippen molar-refractivity contribution in [1.82, 2.24) is 14.8 Å². The summed E-state index contributed by atoms with van der Waals surface area (Å²) in [7, 11) is 0. The first-order valence-corrected chi connectivity index (χ1v) is 9.85. The molecule has 2 saturated heterocycles. The van der Waals surface area contributed by atoms with E-state index in [1.165, 1.54) is 18.6 Å². The number of aromatic nitrogens is 1. The molecule has 0 amide bonds. The van der Waals surface area contributed by atoms with Gasteiger partial charge in [-0.2, -0.15) is 0 Å². The molecule has 1 aromatic carbocycles. The SMILES string of the molecule is OC1(c2csc(CN3CCC3)n2)CCN(Cc2ccc(F)cc2)CC1. The second-order valence-corrected chi connectivity index (χ2v) is 8.13. The Kier molecular flexibility index (Phi) is 4.86. The topological polar surface area (TPSA) is 39.6 Å². The number of hydrogen-bond donors (Lipinski definition) is 1. The largest absolute Gasteiger partial charge is 0.383 e. The lowest BCUT2D eigenvalue weighted by molar-refractivity contribution is -0.0308. The van der Waals surface area contributed by atoms with Crippen LogP contribution in [-0.4, -0.2) is 46.1 Å². The van der Waals surface area contributed by atoms with Crippen LogP contribution in [0.25, 0.3) is 0 Å². The molecule has 134 valence electrons. The van der Waals surface area contributed by atoms with Gasteiger partial charge in [-0.1, -0.05) is 12.1 Å². The molecule has 0 unspecified atom stereocenters. The van der Waals surface area contributed by atoms with E-state index < -0.39 is 5.60 Å². The van der Waals surface area contributed by atoms with Crippen molar-refractivity contribution in [3.8, 4) is 0 Å². The van der Waals surface area contributed by atoms with Crippen LogP contribution in [0.5, 0.6) is 0 Å². The Balaban J connectivity index is 1.34. The van der Waals surface area contributed by atoms with Crippen molar-refractivity contribution in [3.05, 3.63) is 51.7 Å². The van der Waals surface area contributed by atoms with Gasteiger partial charge in [-0.3, -0.25) is 9.80 Å². The smallest absolute Gasteiger partial charge is 0.123 e. The van der Waals surface area contributed by atoms with Crippen LogP contribution in [0.1, 0.15) is 35.5 Å². The molecule has 25 heavy (non-hydrogen) atoms. The summed E-state index contributed by atoms with van der Waals surface area (Å²) in [6.07, 6.45) is 2.67. The number of benzene rings is 1. The van der Waals surface area contributed by atoms with E-state index in [2.05, 4.69) is 9.80 Å². The highest BCUT2D eigenvalue weighted by atomic mass is 32.1. The molecular formula is C19H24FN3OS. The van der Waals surface area contributed by atoms with Crippen LogP contribution in [0, 0.1) is 5.82 Å². The van der Waals surface area contributed by atoms with Gasteiger partial charge in [0.05, 0.1) is 12.2 Å². The van der Waals surface area contributed by atoms with Gasteiger partial charge in [-0.05, 0) is 50.0 Å². The van der Waals surface area contributed by atoms with Crippen molar-refractivity contribution in [3.63, 3.8) is 0 Å². The van der Waals surface area contributed by atoms with E-state index in [0.717, 1.165) is 55.5 Å². The van der Waals surface area contributed by atoms with Crippen molar-refractivity contribution in [1.29, 1.82) is 0 Å². The summed E-state index contributed by atoms with van der Waals surface area (Å²) < 4.78 is 13.0. The predicted molar refractivity (Wildman–Crippen MR) is 96.8 cm³/mol. The van der Waals surface area contributed by atoms with Gasteiger partial charge < -0.3 is 5.11 Å². The number of halogens is 1. The molecule has 6 heteroatoms. The second kappa shape index (κ2) is 7.11. The summed E-state index contributed by atoms with van der Waals surface area (Å²) in [5.41, 5.74) is 1.15. The molecule has 2 aliphatic rings. The summed E-state index contributed by atoms with van der Waals surface area (Å²) >= 11 is 1.66. The van der Waals surface area contributed by atoms with E-state index in [1.807, 2.05) is 17.5 Å². The minimum absolute atomic E-state index is 0.200. The van der Waals surface area contributed by atoms with Crippen LogP contribution in [0.4, 0.5) is 4.39 Å². The van der Waals surface area contributed by atoms with E-state index in [4.69, 9.17) is 4.98 Å². The Morgan fingerprint density at radius 1 is 1.04 bits per heavy atom. The summed E-state index contributed by atoms with van der Waals surface area (Å²) in [4.78, 5) is 9.41. The zero-order valence-electron chi connectivity index (χ0n) is 14.3. The standard InChI is InChI=1S/C19H24FN3OS/c20-16-4-2-15(3-5-16)12-23-10-6-19(24,7-11-23)17-14-25-18(21-17)13-22-8-1-9-22/h2-5,14,24H,1,6-13H2. The summed E-state index contributed by atoms with van der Waals surface area (Å²) in [6, 6.07) is 6.67. The molecular weight excluding hydrogens is 337 g/mol. The van der Waals surface area contributed by atoms with Crippen LogP contribution in [-0.2, 0) is 18.7 Å². The van der Waals surface area contributed by atoms with Crippen LogP contribution in [0.2, 0.25) is 0 Å². The Bertz CT molecular complexity index is 706. The zero-order valence-corrected chi connectivity index (χ0v) is 15.1. The van der Waals surface area contributed by atoms with Crippen molar-refractivity contribution >= 4 is 11.3 Å². The second-order valence-electron chi connectivity index (χ2n) is 7.19. The predicted octanol–water partition coefficient (Wildman–Crippen LogP) is 2.97. The fourth-order valence-electron chi connectivity index (χ4n) is 3.51. The summed E-state index contributed by atoms with van der Waals surface area (Å²) in [6.45, 7) is 5.69. The summed E-state index contributed by atoms with van der Waals surface area (Å²) in [5.74, 6) is -0.200. The molecule has 4 nitrogen and oxygen atoms in total. The fraction of sp³-hybridized carbons (Fsp3) is 0.526. The van der Waals surface area contributed by atoms with E-state index in [0.29, 0.717) is 12.8 Å². The molecule has 2 aliphatic heterocycles. The lowest BCUT2D eigenvalue weighted by atomic mass is 9.88. The van der Waals surface area contributed by atoms with Crippen molar-refractivity contribution in [2.75, 3.05) is 26.2 Å². The monoisotopic (exact) mass is 361 g/mol. The third-order valence-corrected chi connectivity index (χ3v) is 6.17. The van der Waals surface area contributed by atoms with Gasteiger partial charge in [0.1, 0.15) is 16.4 Å². The van der Waals surface area contributed by atoms with E-state index in [-0.39, 0.29) is 5.82 Å². The molecule has 2 fully saturated rings. The number of thiazole rings is 1. The van der Waals surface area contributed by atoms with E-state index in [1.54, 1.807) is 11.3 Å². The van der Waals surface area contributed by atoms with Gasteiger partial charge in [0.15, 0.2) is 0 Å². The molecule has 3 heterocycles. The quantitative estimate of drug-likeness (QED) is 0.889. The normalized spacial score (nSPS) is 21.2. The zero-order chi connectivity index (χ0) is 17.3. The lowest BCUT2D eigenvalue weighted by Crippen LogP contribution is -2.42. The first-order valence-electron chi connectivity index (χ1n) is 8.97. The summed E-state index contributed by atoms with van der Waals surface area (Å²) in [5, 5.41) is 14.2. The van der Waals surface area contributed by atoms with E-state index in [9.17, 15) is 9.50 Å². The number of likely N-dealkylation sites (tertiary alicyclic amines) is 2. The Morgan fingerprint density at radius 3 is 2.36 bits per heavy atom. The van der Waals surface area contributed by atoms with Crippen LogP contribution in [0.3, 0.4) is 0 Å². The molecule has 0 bridgehead atoms. The van der Waals surface area contributed by atoms with Gasteiger partial charge >= 0.3 is 0 Å². The first-order chi connectivity index (χ1) is 12.1. The average Bonchev–Trinajstić information content (AvgIpc) is 3.05. The number of piperidine rings is 1. The molecule has 1 N–H and O–H groups in total. The fourth-order valence-corrected chi connectivity index (χ4v) is 4.44. The third kappa shape index (κ3) is 3.92. The number of nitrogens with zero attached hydrogens (tertiary/aromatic N) is 3. The number of rotatable bonds is 5. The van der Waals surface area contributed by atoms with Crippen LogP contribution >= 0.6 is 11.3 Å². The van der Waals surface area contributed by atoms with Gasteiger partial charge in [-0.25, -0.2) is 9.37 Å². The van der Waals surface area contributed by atoms with Gasteiger partial charge in [0, 0.05) is 25.0 Å². The molecule has 2 aromatic rings. The van der Waals surface area contributed by atoms with Crippen molar-refractivity contribution in [2.45, 2.75) is 38.0 Å². The molecule has 0 spiro atoms. The highest BCUT2D eigenvalue weighted by molar-refractivity contribution is 7.09. The Labute approximate surface area is 151 Å². The molecule has 0 aliphatic carbocycles. The molecule has 0 atom stereocenters. The maximum Gasteiger partial charge on any atom is 0.123 e. The average molecular weight is 361 g/mol. The highest BCUT2D eigenvalue weighted by Gasteiger charge is 2.36. The maximum atomic E-state index is 13.0. The lowest BCUT2D eigenvalue weighted by Gasteiger charge is -2.37.